The van der Waals surface area contributed by atoms with E-state index >= 15 is 0 Å². The van der Waals surface area contributed by atoms with Crippen molar-refractivity contribution in [2.75, 3.05) is 20.1 Å². The van der Waals surface area contributed by atoms with E-state index in [2.05, 4.69) is 27.1 Å². The molecule has 0 aromatic heterocycles. The zero-order chi connectivity index (χ0) is 21.6. The first-order chi connectivity index (χ1) is 14.4. The van der Waals surface area contributed by atoms with E-state index in [1.54, 1.807) is 0 Å². The van der Waals surface area contributed by atoms with Gasteiger partial charge in [-0.15, -0.1) is 0 Å². The minimum atomic E-state index is -3.65. The molecule has 0 radical (unpaired) electrons. The third-order valence-electron chi connectivity index (χ3n) is 5.34. The molecule has 0 bridgehead atoms. The van der Waals surface area contributed by atoms with Crippen LogP contribution in [0.4, 0.5) is 0 Å². The highest BCUT2D eigenvalue weighted by molar-refractivity contribution is 7.89. The van der Waals surface area contributed by atoms with Gasteiger partial charge in [-0.3, -0.25) is 9.69 Å². The second-order valence-corrected chi connectivity index (χ2v) is 9.83. The van der Waals surface area contributed by atoms with E-state index in [4.69, 9.17) is 11.6 Å². The van der Waals surface area contributed by atoms with Crippen LogP contribution in [0.5, 0.6) is 0 Å². The summed E-state index contributed by atoms with van der Waals surface area (Å²) < 4.78 is 26.2. The molecular formula is C22H28ClN3O3S. The Morgan fingerprint density at radius 1 is 1.00 bits per heavy atom. The van der Waals surface area contributed by atoms with Crippen LogP contribution in [0.25, 0.3) is 0 Å². The molecule has 162 valence electrons. The number of carbonyl (C=O) groups is 1. The van der Waals surface area contributed by atoms with Crippen molar-refractivity contribution in [2.45, 2.75) is 43.7 Å². The fourth-order valence-electron chi connectivity index (χ4n) is 3.56. The number of benzene rings is 2. The number of rotatable bonds is 7. The van der Waals surface area contributed by atoms with Crippen molar-refractivity contribution >= 4 is 27.5 Å². The van der Waals surface area contributed by atoms with Crippen molar-refractivity contribution < 1.29 is 13.2 Å². The quantitative estimate of drug-likeness (QED) is 0.677. The Balaban J connectivity index is 1.60. The topological polar surface area (TPSA) is 78.5 Å². The number of carbonyl (C=O) groups excluding carboxylic acids is 1. The molecule has 8 heteroatoms. The van der Waals surface area contributed by atoms with Crippen LogP contribution in [0.2, 0.25) is 5.02 Å². The number of hydrogen-bond donors (Lipinski definition) is 2. The van der Waals surface area contributed by atoms with Crippen molar-refractivity contribution in [3.8, 4) is 0 Å². The molecule has 1 fully saturated rings. The van der Waals surface area contributed by atoms with Crippen molar-refractivity contribution in [1.29, 1.82) is 0 Å². The van der Waals surface area contributed by atoms with Crippen LogP contribution < -0.4 is 10.0 Å². The van der Waals surface area contributed by atoms with Crippen molar-refractivity contribution in [1.82, 2.24) is 14.9 Å². The van der Waals surface area contributed by atoms with Gasteiger partial charge in [0.2, 0.25) is 10.0 Å². The first kappa shape index (κ1) is 22.7. The molecule has 6 nitrogen and oxygen atoms in total. The Morgan fingerprint density at radius 3 is 2.27 bits per heavy atom. The number of likely N-dealkylation sites (tertiary alicyclic amines) is 1. The molecule has 2 N–H and O–H groups in total. The summed E-state index contributed by atoms with van der Waals surface area (Å²) in [6.45, 7) is 3.60. The minimum absolute atomic E-state index is 0.00239. The Labute approximate surface area is 183 Å². The summed E-state index contributed by atoms with van der Waals surface area (Å²) >= 11 is 6.11. The molecular weight excluding hydrogens is 422 g/mol. The highest BCUT2D eigenvalue weighted by Crippen LogP contribution is 2.21. The highest BCUT2D eigenvalue weighted by atomic mass is 35.5. The van der Waals surface area contributed by atoms with Gasteiger partial charge in [0.05, 0.1) is 15.5 Å². The molecule has 0 atom stereocenters. The maximum Gasteiger partial charge on any atom is 0.253 e. The lowest BCUT2D eigenvalue weighted by Crippen LogP contribution is -2.25. The van der Waals surface area contributed by atoms with Gasteiger partial charge in [0, 0.05) is 13.1 Å². The van der Waals surface area contributed by atoms with Gasteiger partial charge in [0.25, 0.3) is 5.91 Å². The second-order valence-electron chi connectivity index (χ2n) is 7.54. The lowest BCUT2D eigenvalue weighted by Gasteiger charge is -2.19. The summed E-state index contributed by atoms with van der Waals surface area (Å²) in [5.41, 5.74) is 2.36. The zero-order valence-corrected chi connectivity index (χ0v) is 18.7. The van der Waals surface area contributed by atoms with E-state index in [1.165, 1.54) is 56.5 Å². The summed E-state index contributed by atoms with van der Waals surface area (Å²) in [4.78, 5) is 15.0. The van der Waals surface area contributed by atoms with E-state index in [1.807, 2.05) is 12.1 Å². The molecule has 3 rings (SSSR count). The standard InChI is InChI=1S/C22H28ClN3O3S/c1-24-30(28,29)19-10-11-21(23)20(14-19)22(27)25-15-17-6-8-18(9-7-17)16-26-12-4-2-3-5-13-26/h6-11,14,24H,2-5,12-13,15-16H2,1H3,(H,25,27). The molecule has 1 aliphatic heterocycles. The van der Waals surface area contributed by atoms with Gasteiger partial charge < -0.3 is 5.32 Å². The molecule has 1 saturated heterocycles. The lowest BCUT2D eigenvalue weighted by molar-refractivity contribution is 0.0951. The Kier molecular flexibility index (Phi) is 7.88. The average molecular weight is 450 g/mol. The first-order valence-electron chi connectivity index (χ1n) is 10.2. The number of nitrogens with one attached hydrogen (secondary N) is 2. The maximum atomic E-state index is 12.6. The number of nitrogens with zero attached hydrogens (tertiary/aromatic N) is 1. The molecule has 2 aromatic rings. The van der Waals surface area contributed by atoms with Gasteiger partial charge in [-0.05, 0) is 62.3 Å². The Hall–Kier alpha value is -1.93. The summed E-state index contributed by atoms with van der Waals surface area (Å²) in [6.07, 6.45) is 5.18. The fourth-order valence-corrected chi connectivity index (χ4v) is 4.52. The van der Waals surface area contributed by atoms with Crippen LogP contribution in [-0.4, -0.2) is 39.4 Å². The molecule has 1 heterocycles. The van der Waals surface area contributed by atoms with Crippen LogP contribution >= 0.6 is 11.6 Å². The van der Waals surface area contributed by atoms with Gasteiger partial charge in [0.15, 0.2) is 0 Å². The minimum Gasteiger partial charge on any atom is -0.348 e. The monoisotopic (exact) mass is 449 g/mol. The van der Waals surface area contributed by atoms with E-state index in [-0.39, 0.29) is 15.5 Å². The molecule has 1 amide bonds. The number of hydrogen-bond acceptors (Lipinski definition) is 4. The third kappa shape index (κ3) is 6.04. The molecule has 0 aliphatic carbocycles. The van der Waals surface area contributed by atoms with Crippen molar-refractivity contribution in [3.63, 3.8) is 0 Å². The SMILES string of the molecule is CNS(=O)(=O)c1ccc(Cl)c(C(=O)NCc2ccc(CN3CCCCCC3)cc2)c1. The summed E-state index contributed by atoms with van der Waals surface area (Å²) in [5.74, 6) is -0.415. The van der Waals surface area contributed by atoms with Gasteiger partial charge in [-0.2, -0.15) is 0 Å². The Morgan fingerprint density at radius 2 is 1.63 bits per heavy atom. The summed E-state index contributed by atoms with van der Waals surface area (Å²) in [6, 6.07) is 12.3. The average Bonchev–Trinajstić information content (AvgIpc) is 3.02. The van der Waals surface area contributed by atoms with Gasteiger partial charge in [-0.1, -0.05) is 48.7 Å². The second kappa shape index (κ2) is 10.4. The van der Waals surface area contributed by atoms with E-state index < -0.39 is 15.9 Å². The number of halogens is 1. The van der Waals surface area contributed by atoms with E-state index in [0.717, 1.165) is 25.2 Å². The van der Waals surface area contributed by atoms with Crippen LogP contribution in [-0.2, 0) is 23.1 Å². The largest absolute Gasteiger partial charge is 0.348 e. The molecule has 0 saturated carbocycles. The van der Waals surface area contributed by atoms with Crippen LogP contribution in [0.1, 0.15) is 47.2 Å². The van der Waals surface area contributed by atoms with Crippen LogP contribution in [0.15, 0.2) is 47.4 Å². The smallest absolute Gasteiger partial charge is 0.253 e. The molecule has 2 aromatic carbocycles. The lowest BCUT2D eigenvalue weighted by atomic mass is 10.1. The molecule has 1 aliphatic rings. The first-order valence-corrected chi connectivity index (χ1v) is 12.1. The zero-order valence-electron chi connectivity index (χ0n) is 17.2. The number of amides is 1. The van der Waals surface area contributed by atoms with Crippen molar-refractivity contribution in [3.05, 3.63) is 64.2 Å². The molecule has 30 heavy (non-hydrogen) atoms. The summed E-state index contributed by atoms with van der Waals surface area (Å²) in [7, 11) is -2.33. The molecule has 0 unspecified atom stereocenters. The van der Waals surface area contributed by atoms with E-state index in [9.17, 15) is 13.2 Å². The molecule has 0 spiro atoms. The number of sulfonamides is 1. The normalized spacial score (nSPS) is 15.5. The Bertz CT molecular complexity index is 970. The van der Waals surface area contributed by atoms with Crippen LogP contribution in [0.3, 0.4) is 0 Å². The summed E-state index contributed by atoms with van der Waals surface area (Å²) in [5, 5.41) is 3.02. The van der Waals surface area contributed by atoms with Gasteiger partial charge >= 0.3 is 0 Å². The predicted molar refractivity (Wildman–Crippen MR) is 119 cm³/mol. The highest BCUT2D eigenvalue weighted by Gasteiger charge is 2.17. The third-order valence-corrected chi connectivity index (χ3v) is 7.08. The van der Waals surface area contributed by atoms with E-state index in [0.29, 0.717) is 6.54 Å². The predicted octanol–water partition coefficient (Wildman–Crippen LogP) is 3.55. The van der Waals surface area contributed by atoms with Crippen molar-refractivity contribution in [2.24, 2.45) is 0 Å². The van der Waals surface area contributed by atoms with Crippen LogP contribution in [0, 0.1) is 0 Å². The van der Waals surface area contributed by atoms with Gasteiger partial charge in [-0.25, -0.2) is 13.1 Å². The maximum absolute atomic E-state index is 12.6. The van der Waals surface area contributed by atoms with Gasteiger partial charge in [0.1, 0.15) is 0 Å². The fraction of sp³-hybridized carbons (Fsp3) is 0.409.